The first-order valence-electron chi connectivity index (χ1n) is 5.68. The number of aliphatic carboxylic acids is 1. The van der Waals surface area contributed by atoms with Crippen molar-refractivity contribution in [3.05, 3.63) is 0 Å². The van der Waals surface area contributed by atoms with Crippen LogP contribution in [0.25, 0.3) is 0 Å². The number of carboxylic acid groups (broad SMARTS) is 1. The van der Waals surface area contributed by atoms with Gasteiger partial charge in [-0.1, -0.05) is 19.8 Å². The minimum atomic E-state index is -0.750. The van der Waals surface area contributed by atoms with Crippen molar-refractivity contribution in [2.75, 3.05) is 0 Å². The Morgan fingerprint density at radius 2 is 1.93 bits per heavy atom. The largest absolute Gasteiger partial charge is 0.481 e. The summed E-state index contributed by atoms with van der Waals surface area (Å²) in [6.07, 6.45) is 2.43. The summed E-state index contributed by atoms with van der Waals surface area (Å²) >= 11 is 0. The SMILES string of the molecule is CCCCC(C(=O)O)C(C)OC(C)(C)C. The zero-order valence-electron chi connectivity index (χ0n) is 10.5. The first-order valence-corrected chi connectivity index (χ1v) is 5.68. The molecule has 0 aromatic heterocycles. The second-order valence-electron chi connectivity index (χ2n) is 5.02. The van der Waals surface area contributed by atoms with Crippen molar-refractivity contribution in [2.45, 2.75) is 65.6 Å². The number of rotatable bonds is 6. The molecule has 0 saturated carbocycles. The molecule has 0 rings (SSSR count). The van der Waals surface area contributed by atoms with E-state index in [1.807, 2.05) is 27.7 Å². The monoisotopic (exact) mass is 216 g/mol. The molecule has 0 fully saturated rings. The van der Waals surface area contributed by atoms with Gasteiger partial charge in [0.1, 0.15) is 0 Å². The smallest absolute Gasteiger partial charge is 0.309 e. The lowest BCUT2D eigenvalue weighted by molar-refractivity contribution is -0.152. The average molecular weight is 216 g/mol. The maximum absolute atomic E-state index is 11.1. The van der Waals surface area contributed by atoms with Crippen LogP contribution in [0, 0.1) is 5.92 Å². The Balaban J connectivity index is 4.29. The first kappa shape index (κ1) is 14.4. The molecule has 0 aliphatic heterocycles. The summed E-state index contributed by atoms with van der Waals surface area (Å²) < 4.78 is 5.68. The fourth-order valence-electron chi connectivity index (χ4n) is 1.62. The van der Waals surface area contributed by atoms with Gasteiger partial charge in [0, 0.05) is 0 Å². The molecule has 2 unspecified atom stereocenters. The van der Waals surface area contributed by atoms with E-state index in [0.29, 0.717) is 6.42 Å². The molecule has 1 N–H and O–H groups in total. The molecule has 0 aliphatic rings. The predicted molar refractivity (Wildman–Crippen MR) is 61.0 cm³/mol. The van der Waals surface area contributed by atoms with Gasteiger partial charge >= 0.3 is 5.97 Å². The molecule has 0 spiro atoms. The van der Waals surface area contributed by atoms with Crippen LogP contribution in [-0.2, 0) is 9.53 Å². The number of unbranched alkanes of at least 4 members (excludes halogenated alkanes) is 1. The lowest BCUT2D eigenvalue weighted by Crippen LogP contribution is -2.34. The molecule has 0 saturated heterocycles. The Labute approximate surface area is 92.8 Å². The lowest BCUT2D eigenvalue weighted by Gasteiger charge is -2.28. The van der Waals surface area contributed by atoms with Crippen molar-refractivity contribution in [3.8, 4) is 0 Å². The van der Waals surface area contributed by atoms with Gasteiger partial charge in [-0.2, -0.15) is 0 Å². The van der Waals surface area contributed by atoms with Crippen molar-refractivity contribution in [1.29, 1.82) is 0 Å². The van der Waals surface area contributed by atoms with Gasteiger partial charge in [0.2, 0.25) is 0 Å². The van der Waals surface area contributed by atoms with Crippen LogP contribution in [-0.4, -0.2) is 22.8 Å². The highest BCUT2D eigenvalue weighted by atomic mass is 16.5. The van der Waals surface area contributed by atoms with Crippen molar-refractivity contribution in [2.24, 2.45) is 5.92 Å². The highest BCUT2D eigenvalue weighted by molar-refractivity contribution is 5.70. The van der Waals surface area contributed by atoms with E-state index in [2.05, 4.69) is 6.92 Å². The standard InChI is InChI=1S/C12H24O3/c1-6-7-8-10(11(13)14)9(2)15-12(3,4)5/h9-10H,6-8H2,1-5H3,(H,13,14). The quantitative estimate of drug-likeness (QED) is 0.742. The van der Waals surface area contributed by atoms with Gasteiger partial charge in [0.15, 0.2) is 0 Å². The third kappa shape index (κ3) is 6.50. The first-order chi connectivity index (χ1) is 6.78. The van der Waals surface area contributed by atoms with Gasteiger partial charge in [-0.15, -0.1) is 0 Å². The summed E-state index contributed by atoms with van der Waals surface area (Å²) in [5.41, 5.74) is -0.278. The molecular weight excluding hydrogens is 192 g/mol. The highest BCUT2D eigenvalue weighted by Gasteiger charge is 2.28. The highest BCUT2D eigenvalue weighted by Crippen LogP contribution is 2.21. The van der Waals surface area contributed by atoms with E-state index in [9.17, 15) is 4.79 Å². The zero-order valence-corrected chi connectivity index (χ0v) is 10.5. The molecule has 90 valence electrons. The fraction of sp³-hybridized carbons (Fsp3) is 0.917. The molecular formula is C12H24O3. The molecule has 0 amide bonds. The fourth-order valence-corrected chi connectivity index (χ4v) is 1.62. The number of carbonyl (C=O) groups is 1. The van der Waals surface area contributed by atoms with E-state index in [1.165, 1.54) is 0 Å². The summed E-state index contributed by atoms with van der Waals surface area (Å²) in [6, 6.07) is 0. The van der Waals surface area contributed by atoms with Crippen molar-refractivity contribution in [3.63, 3.8) is 0 Å². The van der Waals surface area contributed by atoms with Gasteiger partial charge in [-0.3, -0.25) is 4.79 Å². The number of carboxylic acids is 1. The van der Waals surface area contributed by atoms with Gasteiger partial charge < -0.3 is 9.84 Å². The predicted octanol–water partition coefficient (Wildman–Crippen LogP) is 3.08. The summed E-state index contributed by atoms with van der Waals surface area (Å²) in [7, 11) is 0. The van der Waals surface area contributed by atoms with E-state index in [0.717, 1.165) is 12.8 Å². The van der Waals surface area contributed by atoms with Crippen LogP contribution in [0.5, 0.6) is 0 Å². The van der Waals surface area contributed by atoms with Gasteiger partial charge in [0.25, 0.3) is 0 Å². The second kappa shape index (κ2) is 6.11. The Morgan fingerprint density at radius 1 is 1.40 bits per heavy atom. The maximum Gasteiger partial charge on any atom is 0.309 e. The normalized spacial score (nSPS) is 16.1. The van der Waals surface area contributed by atoms with Gasteiger partial charge in [-0.05, 0) is 34.1 Å². The summed E-state index contributed by atoms with van der Waals surface area (Å²) in [6.45, 7) is 9.75. The van der Waals surface area contributed by atoms with Gasteiger partial charge in [0.05, 0.1) is 17.6 Å². The van der Waals surface area contributed by atoms with Crippen LogP contribution >= 0.6 is 0 Å². The molecule has 15 heavy (non-hydrogen) atoms. The van der Waals surface area contributed by atoms with Crippen LogP contribution in [0.2, 0.25) is 0 Å². The molecule has 3 heteroatoms. The summed E-state index contributed by atoms with van der Waals surface area (Å²) in [4.78, 5) is 11.1. The van der Waals surface area contributed by atoms with E-state index < -0.39 is 5.97 Å². The zero-order chi connectivity index (χ0) is 12.1. The molecule has 0 aromatic carbocycles. The summed E-state index contributed by atoms with van der Waals surface area (Å²) in [5, 5.41) is 9.09. The van der Waals surface area contributed by atoms with E-state index in [-0.39, 0.29) is 17.6 Å². The van der Waals surface area contributed by atoms with Crippen molar-refractivity contribution < 1.29 is 14.6 Å². The molecule has 0 heterocycles. The number of hydrogen-bond acceptors (Lipinski definition) is 2. The lowest BCUT2D eigenvalue weighted by atomic mass is 9.96. The third-order valence-electron chi connectivity index (χ3n) is 2.29. The van der Waals surface area contributed by atoms with Crippen LogP contribution in [0.3, 0.4) is 0 Å². The number of ether oxygens (including phenoxy) is 1. The van der Waals surface area contributed by atoms with Crippen molar-refractivity contribution in [1.82, 2.24) is 0 Å². The topological polar surface area (TPSA) is 46.5 Å². The van der Waals surface area contributed by atoms with E-state index >= 15 is 0 Å². The van der Waals surface area contributed by atoms with Crippen LogP contribution in [0.15, 0.2) is 0 Å². The number of hydrogen-bond donors (Lipinski definition) is 1. The minimum absolute atomic E-state index is 0.228. The van der Waals surface area contributed by atoms with E-state index in [1.54, 1.807) is 0 Å². The van der Waals surface area contributed by atoms with Gasteiger partial charge in [-0.25, -0.2) is 0 Å². The molecule has 0 aliphatic carbocycles. The second-order valence-corrected chi connectivity index (χ2v) is 5.02. The van der Waals surface area contributed by atoms with E-state index in [4.69, 9.17) is 9.84 Å². The van der Waals surface area contributed by atoms with Crippen LogP contribution in [0.4, 0.5) is 0 Å². The molecule has 0 bridgehead atoms. The maximum atomic E-state index is 11.1. The molecule has 0 radical (unpaired) electrons. The Hall–Kier alpha value is -0.570. The van der Waals surface area contributed by atoms with Crippen LogP contribution in [0.1, 0.15) is 53.9 Å². The molecule has 2 atom stereocenters. The summed E-state index contributed by atoms with van der Waals surface area (Å²) in [5.74, 6) is -1.13. The average Bonchev–Trinajstić information content (AvgIpc) is 2.00. The van der Waals surface area contributed by atoms with Crippen molar-refractivity contribution >= 4 is 5.97 Å². The molecule has 3 nitrogen and oxygen atoms in total. The Bertz CT molecular complexity index is 194. The Morgan fingerprint density at radius 3 is 2.27 bits per heavy atom. The van der Waals surface area contributed by atoms with Crippen LogP contribution < -0.4 is 0 Å². The minimum Gasteiger partial charge on any atom is -0.481 e. The molecule has 0 aromatic rings. The third-order valence-corrected chi connectivity index (χ3v) is 2.29. The Kier molecular flexibility index (Phi) is 5.88.